The summed E-state index contributed by atoms with van der Waals surface area (Å²) in [7, 11) is 0. The molecule has 0 atom stereocenters. The first-order valence-electron chi connectivity index (χ1n) is 6.66. The SMILES string of the molecule is O=C(c1ccc(F)cc1)c1cc2c(s1)CCCCC2. The van der Waals surface area contributed by atoms with Gasteiger partial charge in [0, 0.05) is 10.4 Å². The van der Waals surface area contributed by atoms with Crippen molar-refractivity contribution < 1.29 is 9.18 Å². The van der Waals surface area contributed by atoms with Crippen LogP contribution in [0, 0.1) is 5.82 Å². The van der Waals surface area contributed by atoms with E-state index in [0.29, 0.717) is 5.56 Å². The number of hydrogen-bond donors (Lipinski definition) is 0. The van der Waals surface area contributed by atoms with E-state index in [1.54, 1.807) is 23.5 Å². The van der Waals surface area contributed by atoms with E-state index in [2.05, 4.69) is 0 Å². The minimum absolute atomic E-state index is 0.0121. The second-order valence-corrected chi connectivity index (χ2v) is 6.09. The highest BCUT2D eigenvalue weighted by Gasteiger charge is 2.17. The first kappa shape index (κ1) is 12.5. The average molecular weight is 274 g/mol. The van der Waals surface area contributed by atoms with Crippen LogP contribution in [-0.2, 0) is 12.8 Å². The summed E-state index contributed by atoms with van der Waals surface area (Å²) < 4.78 is 12.9. The Hall–Kier alpha value is -1.48. The molecule has 1 aromatic heterocycles. The van der Waals surface area contributed by atoms with Gasteiger partial charge in [-0.05, 0) is 61.6 Å². The molecule has 0 N–H and O–H groups in total. The summed E-state index contributed by atoms with van der Waals surface area (Å²) in [6, 6.07) is 7.83. The number of thiophene rings is 1. The molecule has 2 aromatic rings. The molecule has 1 aliphatic carbocycles. The van der Waals surface area contributed by atoms with Crippen LogP contribution in [0.3, 0.4) is 0 Å². The third-order valence-corrected chi connectivity index (χ3v) is 4.81. The highest BCUT2D eigenvalue weighted by molar-refractivity contribution is 7.14. The van der Waals surface area contributed by atoms with Crippen LogP contribution in [0.4, 0.5) is 4.39 Å². The second-order valence-electron chi connectivity index (χ2n) is 4.96. The topological polar surface area (TPSA) is 17.1 Å². The Labute approximate surface area is 116 Å². The molecule has 19 heavy (non-hydrogen) atoms. The predicted octanol–water partition coefficient (Wildman–Crippen LogP) is 4.39. The minimum Gasteiger partial charge on any atom is -0.288 e. The number of fused-ring (bicyclic) bond motifs is 1. The number of ketones is 1. The van der Waals surface area contributed by atoms with Gasteiger partial charge in [0.15, 0.2) is 0 Å². The van der Waals surface area contributed by atoms with Gasteiger partial charge < -0.3 is 0 Å². The van der Waals surface area contributed by atoms with Crippen molar-refractivity contribution in [1.29, 1.82) is 0 Å². The van der Waals surface area contributed by atoms with Gasteiger partial charge in [0.1, 0.15) is 5.82 Å². The number of hydrogen-bond acceptors (Lipinski definition) is 2. The normalized spacial score (nSPS) is 14.8. The van der Waals surface area contributed by atoms with Gasteiger partial charge in [-0.3, -0.25) is 4.79 Å². The Bertz CT molecular complexity index is 574. The van der Waals surface area contributed by atoms with E-state index in [0.717, 1.165) is 17.7 Å². The van der Waals surface area contributed by atoms with Gasteiger partial charge in [-0.25, -0.2) is 4.39 Å². The van der Waals surface area contributed by atoms with E-state index in [-0.39, 0.29) is 11.6 Å². The van der Waals surface area contributed by atoms with Gasteiger partial charge in [0.2, 0.25) is 5.78 Å². The molecule has 0 aliphatic heterocycles. The van der Waals surface area contributed by atoms with Crippen LogP contribution in [0.1, 0.15) is 44.9 Å². The first-order chi connectivity index (χ1) is 9.24. The fourth-order valence-electron chi connectivity index (χ4n) is 2.52. The third kappa shape index (κ3) is 2.61. The molecule has 0 amide bonds. The van der Waals surface area contributed by atoms with Crippen molar-refractivity contribution in [3.05, 3.63) is 57.0 Å². The number of carbonyl (C=O) groups is 1. The number of halogens is 1. The molecule has 0 spiro atoms. The Morgan fingerprint density at radius 1 is 1.05 bits per heavy atom. The molecule has 0 saturated heterocycles. The van der Waals surface area contributed by atoms with Gasteiger partial charge in [-0.15, -0.1) is 11.3 Å². The Morgan fingerprint density at radius 3 is 2.58 bits per heavy atom. The summed E-state index contributed by atoms with van der Waals surface area (Å²) in [5, 5.41) is 0. The van der Waals surface area contributed by atoms with Crippen LogP contribution < -0.4 is 0 Å². The maximum Gasteiger partial charge on any atom is 0.202 e. The molecule has 1 aliphatic rings. The van der Waals surface area contributed by atoms with Crippen LogP contribution in [0.2, 0.25) is 0 Å². The van der Waals surface area contributed by atoms with E-state index in [1.165, 1.54) is 41.8 Å². The molecule has 98 valence electrons. The molecule has 0 saturated carbocycles. The zero-order chi connectivity index (χ0) is 13.2. The highest BCUT2D eigenvalue weighted by Crippen LogP contribution is 2.30. The molecule has 1 heterocycles. The lowest BCUT2D eigenvalue weighted by molar-refractivity contribution is 0.104. The van der Waals surface area contributed by atoms with Gasteiger partial charge in [0.05, 0.1) is 4.88 Å². The lowest BCUT2D eigenvalue weighted by atomic mass is 10.1. The quantitative estimate of drug-likeness (QED) is 0.586. The molecule has 3 heteroatoms. The molecule has 3 rings (SSSR count). The molecule has 0 bridgehead atoms. The predicted molar refractivity (Wildman–Crippen MR) is 75.4 cm³/mol. The van der Waals surface area contributed by atoms with E-state index < -0.39 is 0 Å². The van der Waals surface area contributed by atoms with Crippen LogP contribution in [0.25, 0.3) is 0 Å². The number of carbonyl (C=O) groups excluding carboxylic acids is 1. The monoisotopic (exact) mass is 274 g/mol. The van der Waals surface area contributed by atoms with E-state index in [4.69, 9.17) is 0 Å². The molecule has 0 fully saturated rings. The Kier molecular flexibility index (Phi) is 3.47. The summed E-state index contributed by atoms with van der Waals surface area (Å²) in [5.41, 5.74) is 1.91. The molecular weight excluding hydrogens is 259 g/mol. The van der Waals surface area contributed by atoms with Crippen molar-refractivity contribution in [1.82, 2.24) is 0 Å². The van der Waals surface area contributed by atoms with Crippen molar-refractivity contribution in [2.45, 2.75) is 32.1 Å². The van der Waals surface area contributed by atoms with E-state index in [1.807, 2.05) is 6.07 Å². The number of benzene rings is 1. The zero-order valence-corrected chi connectivity index (χ0v) is 11.4. The molecule has 0 unspecified atom stereocenters. The van der Waals surface area contributed by atoms with E-state index >= 15 is 0 Å². The first-order valence-corrected chi connectivity index (χ1v) is 7.47. The summed E-state index contributed by atoms with van der Waals surface area (Å²) >= 11 is 1.61. The van der Waals surface area contributed by atoms with Gasteiger partial charge in [0.25, 0.3) is 0 Å². The van der Waals surface area contributed by atoms with Crippen molar-refractivity contribution in [3.8, 4) is 0 Å². The standard InChI is InChI=1S/C16H15FOS/c17-13-8-6-11(7-9-13)16(18)15-10-12-4-2-1-3-5-14(12)19-15/h6-10H,1-5H2. The van der Waals surface area contributed by atoms with Crippen molar-refractivity contribution in [2.24, 2.45) is 0 Å². The summed E-state index contributed by atoms with van der Waals surface area (Å²) in [4.78, 5) is 14.5. The molecule has 1 nitrogen and oxygen atoms in total. The lowest BCUT2D eigenvalue weighted by Crippen LogP contribution is -1.98. The van der Waals surface area contributed by atoms with Gasteiger partial charge >= 0.3 is 0 Å². The lowest BCUT2D eigenvalue weighted by Gasteiger charge is -1.98. The van der Waals surface area contributed by atoms with Crippen LogP contribution in [0.5, 0.6) is 0 Å². The fraction of sp³-hybridized carbons (Fsp3) is 0.312. The Balaban J connectivity index is 1.90. The molecule has 1 aromatic carbocycles. The Morgan fingerprint density at radius 2 is 1.79 bits per heavy atom. The maximum atomic E-state index is 12.9. The highest BCUT2D eigenvalue weighted by atomic mass is 32.1. The van der Waals surface area contributed by atoms with Crippen LogP contribution in [-0.4, -0.2) is 5.78 Å². The van der Waals surface area contributed by atoms with Crippen molar-refractivity contribution in [3.63, 3.8) is 0 Å². The van der Waals surface area contributed by atoms with E-state index in [9.17, 15) is 9.18 Å². The summed E-state index contributed by atoms with van der Waals surface area (Å²) in [5.74, 6) is -0.295. The van der Waals surface area contributed by atoms with Crippen LogP contribution >= 0.6 is 11.3 Å². The fourth-order valence-corrected chi connectivity index (χ4v) is 3.74. The minimum atomic E-state index is -0.307. The largest absolute Gasteiger partial charge is 0.288 e. The molecular formula is C16H15FOS. The maximum absolute atomic E-state index is 12.9. The number of aryl methyl sites for hydroxylation is 2. The van der Waals surface area contributed by atoms with Crippen molar-refractivity contribution in [2.75, 3.05) is 0 Å². The number of rotatable bonds is 2. The average Bonchev–Trinajstić information content (AvgIpc) is 2.70. The van der Waals surface area contributed by atoms with Crippen LogP contribution in [0.15, 0.2) is 30.3 Å². The van der Waals surface area contributed by atoms with Gasteiger partial charge in [-0.2, -0.15) is 0 Å². The molecule has 0 radical (unpaired) electrons. The third-order valence-electron chi connectivity index (χ3n) is 3.58. The summed E-state index contributed by atoms with van der Waals surface area (Å²) in [6.45, 7) is 0. The van der Waals surface area contributed by atoms with Gasteiger partial charge in [-0.1, -0.05) is 6.42 Å². The summed E-state index contributed by atoms with van der Waals surface area (Å²) in [6.07, 6.45) is 5.90. The zero-order valence-electron chi connectivity index (χ0n) is 10.6. The smallest absolute Gasteiger partial charge is 0.202 e. The second kappa shape index (κ2) is 5.25. The van der Waals surface area contributed by atoms with Crippen molar-refractivity contribution >= 4 is 17.1 Å².